The Morgan fingerprint density at radius 3 is 2.24 bits per heavy atom. The Morgan fingerprint density at radius 1 is 1.06 bits per heavy atom. The van der Waals surface area contributed by atoms with Crippen molar-refractivity contribution in [3.8, 4) is 11.1 Å². The first-order valence-electron chi connectivity index (χ1n) is 11.6. The van der Waals surface area contributed by atoms with Crippen LogP contribution in [0.4, 0.5) is 4.79 Å². The Labute approximate surface area is 199 Å². The van der Waals surface area contributed by atoms with Crippen LogP contribution in [0.2, 0.25) is 0 Å². The summed E-state index contributed by atoms with van der Waals surface area (Å²) in [6, 6.07) is 16.4. The second kappa shape index (κ2) is 9.71. The van der Waals surface area contributed by atoms with E-state index in [9.17, 15) is 14.4 Å². The van der Waals surface area contributed by atoms with Gasteiger partial charge in [0, 0.05) is 36.5 Å². The van der Waals surface area contributed by atoms with Crippen LogP contribution in [0.3, 0.4) is 0 Å². The van der Waals surface area contributed by atoms with Gasteiger partial charge in [-0.25, -0.2) is 9.59 Å². The Hall–Kier alpha value is -3.61. The molecule has 0 saturated carbocycles. The van der Waals surface area contributed by atoms with E-state index in [2.05, 4.69) is 29.6 Å². The zero-order chi connectivity index (χ0) is 24.3. The minimum absolute atomic E-state index is 0.00862. The third-order valence-corrected chi connectivity index (χ3v) is 6.58. The largest absolute Gasteiger partial charge is 0.478 e. The van der Waals surface area contributed by atoms with Crippen molar-refractivity contribution >= 4 is 18.0 Å². The molecule has 0 bridgehead atoms. The monoisotopic (exact) mass is 462 g/mol. The summed E-state index contributed by atoms with van der Waals surface area (Å²) in [4.78, 5) is 37.8. The maximum absolute atomic E-state index is 12.6. The van der Waals surface area contributed by atoms with Crippen LogP contribution < -0.4 is 5.32 Å². The highest BCUT2D eigenvalue weighted by Crippen LogP contribution is 2.44. The standard InChI is InChI=1S/C27H30N2O5/c1-27(2,14-11-24(30)29-15-12-18(13-16-29)25(31)32)28-26(33)34-17-23-21-9-5-3-7-19(21)20-8-4-6-10-22(20)23/h3-10,12,23H,11,13-17H2,1-2H3,(H,28,33)(H,31,32). The molecule has 0 radical (unpaired) electrons. The molecule has 4 rings (SSSR count). The van der Waals surface area contributed by atoms with Gasteiger partial charge in [0.25, 0.3) is 0 Å². The van der Waals surface area contributed by atoms with Gasteiger partial charge in [0.1, 0.15) is 6.61 Å². The number of alkyl carbamates (subject to hydrolysis) is 1. The zero-order valence-electron chi connectivity index (χ0n) is 19.5. The quantitative estimate of drug-likeness (QED) is 0.639. The van der Waals surface area contributed by atoms with Crippen molar-refractivity contribution in [2.45, 2.75) is 44.6 Å². The molecule has 2 aromatic carbocycles. The Balaban J connectivity index is 1.28. The number of rotatable bonds is 7. The molecule has 0 unspecified atom stereocenters. The molecule has 0 aromatic heterocycles. The molecule has 7 heteroatoms. The number of ether oxygens (including phenoxy) is 1. The molecular formula is C27H30N2O5. The topological polar surface area (TPSA) is 95.9 Å². The highest BCUT2D eigenvalue weighted by Gasteiger charge is 2.30. The molecule has 34 heavy (non-hydrogen) atoms. The fraction of sp³-hybridized carbons (Fsp3) is 0.370. The van der Waals surface area contributed by atoms with Crippen LogP contribution in [0.15, 0.2) is 60.2 Å². The van der Waals surface area contributed by atoms with E-state index in [4.69, 9.17) is 9.84 Å². The Bertz CT molecular complexity index is 1090. The molecule has 0 atom stereocenters. The van der Waals surface area contributed by atoms with Gasteiger partial charge in [-0.05, 0) is 48.9 Å². The summed E-state index contributed by atoms with van der Waals surface area (Å²) in [5.74, 6) is -0.991. The summed E-state index contributed by atoms with van der Waals surface area (Å²) >= 11 is 0. The molecule has 2 aliphatic rings. The van der Waals surface area contributed by atoms with Crippen LogP contribution in [-0.2, 0) is 14.3 Å². The molecule has 1 aliphatic heterocycles. The van der Waals surface area contributed by atoms with Crippen LogP contribution in [0.1, 0.15) is 50.2 Å². The number of carboxylic acid groups (broad SMARTS) is 1. The molecule has 1 aliphatic carbocycles. The molecule has 0 fully saturated rings. The van der Waals surface area contributed by atoms with E-state index in [-0.39, 0.29) is 24.9 Å². The predicted octanol–water partition coefficient (Wildman–Crippen LogP) is 4.33. The van der Waals surface area contributed by atoms with Gasteiger partial charge in [-0.2, -0.15) is 0 Å². The lowest BCUT2D eigenvalue weighted by Gasteiger charge is -2.29. The van der Waals surface area contributed by atoms with E-state index in [1.165, 1.54) is 11.1 Å². The number of nitrogens with zero attached hydrogens (tertiary/aromatic N) is 1. The van der Waals surface area contributed by atoms with Crippen LogP contribution in [0.25, 0.3) is 11.1 Å². The van der Waals surface area contributed by atoms with Crippen LogP contribution >= 0.6 is 0 Å². The molecule has 2 aromatic rings. The summed E-state index contributed by atoms with van der Waals surface area (Å²) < 4.78 is 5.62. The lowest BCUT2D eigenvalue weighted by atomic mass is 9.97. The summed E-state index contributed by atoms with van der Waals surface area (Å²) in [6.45, 7) is 4.67. The highest BCUT2D eigenvalue weighted by molar-refractivity contribution is 5.87. The van der Waals surface area contributed by atoms with Crippen LogP contribution in [-0.4, -0.2) is 53.2 Å². The third-order valence-electron chi connectivity index (χ3n) is 6.58. The SMILES string of the molecule is CC(C)(CCC(=O)N1CC=C(C(=O)O)CC1)NC(=O)OCC1c2ccccc2-c2ccccc21. The van der Waals surface area contributed by atoms with E-state index in [0.717, 1.165) is 11.1 Å². The average molecular weight is 463 g/mol. The third kappa shape index (κ3) is 5.14. The van der Waals surface area contributed by atoms with Crippen molar-refractivity contribution in [3.63, 3.8) is 0 Å². The van der Waals surface area contributed by atoms with Gasteiger partial charge in [-0.15, -0.1) is 0 Å². The summed E-state index contributed by atoms with van der Waals surface area (Å²) in [5.41, 5.74) is 4.38. The number of aliphatic carboxylic acids is 1. The van der Waals surface area contributed by atoms with E-state index in [0.29, 0.717) is 31.5 Å². The van der Waals surface area contributed by atoms with Crippen LogP contribution in [0, 0.1) is 0 Å². The lowest BCUT2D eigenvalue weighted by molar-refractivity contribution is -0.135. The molecular weight excluding hydrogens is 432 g/mol. The zero-order valence-corrected chi connectivity index (χ0v) is 19.5. The number of carbonyl (C=O) groups excluding carboxylic acids is 2. The maximum Gasteiger partial charge on any atom is 0.407 e. The highest BCUT2D eigenvalue weighted by atomic mass is 16.5. The fourth-order valence-electron chi connectivity index (χ4n) is 4.64. The number of carboxylic acids is 1. The molecule has 1 heterocycles. The second-order valence-electron chi connectivity index (χ2n) is 9.46. The molecule has 7 nitrogen and oxygen atoms in total. The van der Waals surface area contributed by atoms with Gasteiger partial charge >= 0.3 is 12.1 Å². The number of hydrogen-bond acceptors (Lipinski definition) is 4. The Morgan fingerprint density at radius 2 is 1.68 bits per heavy atom. The minimum atomic E-state index is -0.930. The number of benzene rings is 2. The van der Waals surface area contributed by atoms with Gasteiger partial charge in [0.05, 0.1) is 0 Å². The van der Waals surface area contributed by atoms with E-state index in [1.807, 2.05) is 38.1 Å². The molecule has 0 spiro atoms. The maximum atomic E-state index is 12.6. The summed E-state index contributed by atoms with van der Waals surface area (Å²) in [6.07, 6.45) is 2.13. The van der Waals surface area contributed by atoms with Crippen molar-refractivity contribution in [2.75, 3.05) is 19.7 Å². The van der Waals surface area contributed by atoms with Crippen molar-refractivity contribution < 1.29 is 24.2 Å². The summed E-state index contributed by atoms with van der Waals surface area (Å²) in [5, 5.41) is 11.9. The van der Waals surface area contributed by atoms with Gasteiger partial charge in [0.2, 0.25) is 5.91 Å². The van der Waals surface area contributed by atoms with Gasteiger partial charge in [-0.3, -0.25) is 4.79 Å². The number of hydrogen-bond donors (Lipinski definition) is 2. The van der Waals surface area contributed by atoms with Crippen molar-refractivity contribution in [3.05, 3.63) is 71.3 Å². The van der Waals surface area contributed by atoms with E-state index < -0.39 is 17.6 Å². The first kappa shape index (κ1) is 23.5. The van der Waals surface area contributed by atoms with E-state index >= 15 is 0 Å². The minimum Gasteiger partial charge on any atom is -0.478 e. The number of carbonyl (C=O) groups is 3. The van der Waals surface area contributed by atoms with Crippen molar-refractivity contribution in [2.24, 2.45) is 0 Å². The fourth-order valence-corrected chi connectivity index (χ4v) is 4.64. The number of nitrogens with one attached hydrogen (secondary N) is 1. The first-order valence-corrected chi connectivity index (χ1v) is 11.6. The molecule has 178 valence electrons. The van der Waals surface area contributed by atoms with Crippen LogP contribution in [0.5, 0.6) is 0 Å². The predicted molar refractivity (Wildman–Crippen MR) is 128 cm³/mol. The Kier molecular flexibility index (Phi) is 6.72. The van der Waals surface area contributed by atoms with Gasteiger partial charge < -0.3 is 20.1 Å². The first-order chi connectivity index (χ1) is 16.2. The molecule has 2 N–H and O–H groups in total. The average Bonchev–Trinajstić information content (AvgIpc) is 3.15. The van der Waals surface area contributed by atoms with Crippen molar-refractivity contribution in [1.29, 1.82) is 0 Å². The molecule has 2 amide bonds. The number of amides is 2. The second-order valence-corrected chi connectivity index (χ2v) is 9.46. The normalized spacial score (nSPS) is 15.2. The number of fused-ring (bicyclic) bond motifs is 3. The lowest BCUT2D eigenvalue weighted by Crippen LogP contribution is -2.45. The van der Waals surface area contributed by atoms with Gasteiger partial charge in [-0.1, -0.05) is 54.6 Å². The van der Waals surface area contributed by atoms with Gasteiger partial charge in [0.15, 0.2) is 0 Å². The van der Waals surface area contributed by atoms with Crippen molar-refractivity contribution in [1.82, 2.24) is 10.2 Å². The smallest absolute Gasteiger partial charge is 0.407 e. The van der Waals surface area contributed by atoms with E-state index in [1.54, 1.807) is 11.0 Å². The molecule has 0 saturated heterocycles. The summed E-state index contributed by atoms with van der Waals surface area (Å²) in [7, 11) is 0.